The summed E-state index contributed by atoms with van der Waals surface area (Å²) >= 11 is 0. The van der Waals surface area contributed by atoms with Crippen molar-refractivity contribution in [2.75, 3.05) is 12.3 Å². The number of carbonyl (C=O) groups excluding carboxylic acids is 1. The van der Waals surface area contributed by atoms with Crippen LogP contribution >= 0.6 is 0 Å². The number of rotatable bonds is 6. The van der Waals surface area contributed by atoms with Gasteiger partial charge >= 0.3 is 5.97 Å². The lowest BCUT2D eigenvalue weighted by molar-refractivity contribution is -0.126. The number of carboxylic acid groups (broad SMARTS) is 1. The van der Waals surface area contributed by atoms with Crippen molar-refractivity contribution >= 4 is 21.9 Å². The van der Waals surface area contributed by atoms with Crippen molar-refractivity contribution in [3.63, 3.8) is 0 Å². The predicted molar refractivity (Wildman–Crippen MR) is 81.2 cm³/mol. The Kier molecular flexibility index (Phi) is 5.10. The number of furan rings is 1. The minimum absolute atomic E-state index is 0.00320. The van der Waals surface area contributed by atoms with Crippen LogP contribution in [-0.4, -0.2) is 48.0 Å². The van der Waals surface area contributed by atoms with Crippen molar-refractivity contribution in [1.82, 2.24) is 9.62 Å². The van der Waals surface area contributed by atoms with E-state index in [1.54, 1.807) is 13.8 Å². The third-order valence-electron chi connectivity index (χ3n) is 3.66. The third-order valence-corrected chi connectivity index (χ3v) is 5.59. The van der Waals surface area contributed by atoms with Crippen LogP contribution in [0.1, 0.15) is 36.6 Å². The maximum Gasteiger partial charge on any atom is 0.371 e. The molecule has 0 saturated carbocycles. The Morgan fingerprint density at radius 2 is 2.09 bits per heavy atom. The van der Waals surface area contributed by atoms with Crippen molar-refractivity contribution in [3.8, 4) is 0 Å². The molecule has 1 fully saturated rings. The van der Waals surface area contributed by atoms with Crippen LogP contribution in [0.3, 0.4) is 0 Å². The molecule has 0 aliphatic carbocycles. The van der Waals surface area contributed by atoms with Gasteiger partial charge in [0.25, 0.3) is 0 Å². The summed E-state index contributed by atoms with van der Waals surface area (Å²) in [5, 5.41) is 11.4. The van der Waals surface area contributed by atoms with Crippen LogP contribution in [0.5, 0.6) is 0 Å². The van der Waals surface area contributed by atoms with Crippen molar-refractivity contribution in [3.05, 3.63) is 23.7 Å². The average molecular weight is 344 g/mol. The summed E-state index contributed by atoms with van der Waals surface area (Å²) in [6, 6.07) is 1.98. The van der Waals surface area contributed by atoms with Crippen LogP contribution < -0.4 is 5.32 Å². The molecular weight excluding hydrogens is 324 g/mol. The normalized spacial score (nSPS) is 18.9. The van der Waals surface area contributed by atoms with Crippen molar-refractivity contribution in [2.45, 2.75) is 32.9 Å². The Morgan fingerprint density at radius 1 is 1.39 bits per heavy atom. The largest absolute Gasteiger partial charge is 0.475 e. The summed E-state index contributed by atoms with van der Waals surface area (Å²) < 4.78 is 30.4. The molecule has 2 N–H and O–H groups in total. The van der Waals surface area contributed by atoms with Gasteiger partial charge in [0.2, 0.25) is 21.7 Å². The minimum Gasteiger partial charge on any atom is -0.475 e. The number of nitrogens with zero attached hydrogens (tertiary/aromatic N) is 1. The van der Waals surface area contributed by atoms with Gasteiger partial charge in [-0.2, -0.15) is 4.31 Å². The molecule has 1 saturated heterocycles. The topological polar surface area (TPSA) is 117 Å². The molecule has 23 heavy (non-hydrogen) atoms. The second-order valence-corrected chi connectivity index (χ2v) is 7.80. The van der Waals surface area contributed by atoms with Gasteiger partial charge in [-0.1, -0.05) is 13.8 Å². The molecular formula is C14H20N2O6S. The van der Waals surface area contributed by atoms with Gasteiger partial charge in [-0.25, -0.2) is 13.2 Å². The van der Waals surface area contributed by atoms with E-state index in [0.717, 1.165) is 0 Å². The fourth-order valence-electron chi connectivity index (χ4n) is 2.60. The lowest BCUT2D eigenvalue weighted by Gasteiger charge is -2.28. The number of amides is 1. The molecule has 1 aromatic heterocycles. The highest BCUT2D eigenvalue weighted by Crippen LogP contribution is 2.22. The molecule has 1 amide bonds. The summed E-state index contributed by atoms with van der Waals surface area (Å²) in [6.45, 7) is 3.91. The monoisotopic (exact) mass is 344 g/mol. The Labute approximate surface area is 134 Å². The number of hydrogen-bond donors (Lipinski definition) is 2. The van der Waals surface area contributed by atoms with Crippen LogP contribution in [0.2, 0.25) is 0 Å². The van der Waals surface area contributed by atoms with Gasteiger partial charge < -0.3 is 14.8 Å². The first-order chi connectivity index (χ1) is 10.7. The lowest BCUT2D eigenvalue weighted by atomic mass is 10.0. The summed E-state index contributed by atoms with van der Waals surface area (Å²) in [7, 11) is -3.40. The highest BCUT2D eigenvalue weighted by molar-refractivity contribution is 7.89. The van der Waals surface area contributed by atoms with E-state index in [0.29, 0.717) is 18.7 Å². The van der Waals surface area contributed by atoms with E-state index >= 15 is 0 Å². The number of aromatic carboxylic acids is 1. The van der Waals surface area contributed by atoms with Gasteiger partial charge in [-0.05, 0) is 24.5 Å². The highest BCUT2D eigenvalue weighted by Gasteiger charge is 2.39. The number of nitrogens with one attached hydrogen (secondary N) is 1. The molecule has 0 radical (unpaired) electrons. The van der Waals surface area contributed by atoms with Gasteiger partial charge in [-0.3, -0.25) is 4.79 Å². The van der Waals surface area contributed by atoms with Crippen LogP contribution in [0.4, 0.5) is 0 Å². The third kappa shape index (κ3) is 3.91. The Balaban J connectivity index is 2.05. The first-order valence-corrected chi connectivity index (χ1v) is 8.92. The molecule has 0 bridgehead atoms. The molecule has 2 heterocycles. The summed E-state index contributed by atoms with van der Waals surface area (Å²) in [5.41, 5.74) is 0. The van der Waals surface area contributed by atoms with Gasteiger partial charge in [0.15, 0.2) is 0 Å². The zero-order valence-corrected chi connectivity index (χ0v) is 13.8. The molecule has 1 atom stereocenters. The number of hydrogen-bond acceptors (Lipinski definition) is 5. The van der Waals surface area contributed by atoms with Crippen LogP contribution in [0, 0.1) is 5.92 Å². The van der Waals surface area contributed by atoms with Gasteiger partial charge in [-0.15, -0.1) is 0 Å². The Morgan fingerprint density at radius 3 is 2.57 bits per heavy atom. The number of carbonyl (C=O) groups is 2. The first-order valence-electron chi connectivity index (χ1n) is 7.31. The molecule has 9 heteroatoms. The smallest absolute Gasteiger partial charge is 0.371 e. The second-order valence-electron chi connectivity index (χ2n) is 5.76. The molecule has 1 aliphatic heterocycles. The highest BCUT2D eigenvalue weighted by atomic mass is 32.2. The molecule has 1 aromatic rings. The fourth-order valence-corrected chi connectivity index (χ4v) is 4.42. The summed E-state index contributed by atoms with van der Waals surface area (Å²) in [4.78, 5) is 23.1. The molecule has 2 rings (SSSR count). The number of carboxylic acids is 1. The predicted octanol–water partition coefficient (Wildman–Crippen LogP) is 0.654. The molecule has 128 valence electrons. The second kappa shape index (κ2) is 6.71. The van der Waals surface area contributed by atoms with Crippen LogP contribution in [-0.2, 0) is 21.4 Å². The molecule has 0 spiro atoms. The van der Waals surface area contributed by atoms with E-state index in [2.05, 4.69) is 5.32 Å². The first kappa shape index (κ1) is 17.5. The quantitative estimate of drug-likeness (QED) is 0.783. The van der Waals surface area contributed by atoms with Gasteiger partial charge in [0.1, 0.15) is 11.8 Å². The molecule has 8 nitrogen and oxygen atoms in total. The lowest BCUT2D eigenvalue weighted by Crippen LogP contribution is -2.50. The van der Waals surface area contributed by atoms with Gasteiger partial charge in [0, 0.05) is 6.54 Å². The van der Waals surface area contributed by atoms with E-state index in [9.17, 15) is 18.0 Å². The Bertz CT molecular complexity index is 694. The van der Waals surface area contributed by atoms with E-state index in [4.69, 9.17) is 9.52 Å². The Hall–Kier alpha value is -1.87. The van der Waals surface area contributed by atoms with Crippen LogP contribution in [0.15, 0.2) is 16.5 Å². The SMILES string of the molecule is CC(C)C(C(=O)NCc1ccc(C(=O)O)o1)N1CCCS1(=O)=O. The van der Waals surface area contributed by atoms with Gasteiger partial charge in [0.05, 0.1) is 12.3 Å². The van der Waals surface area contributed by atoms with Crippen LogP contribution in [0.25, 0.3) is 0 Å². The van der Waals surface area contributed by atoms with Crippen molar-refractivity contribution in [2.24, 2.45) is 5.92 Å². The number of sulfonamides is 1. The summed E-state index contributed by atoms with van der Waals surface area (Å²) in [5.74, 6) is -1.65. The van der Waals surface area contributed by atoms with Crippen molar-refractivity contribution in [1.29, 1.82) is 0 Å². The standard InChI is InChI=1S/C14H20N2O6S/c1-9(2)12(16-6-3-7-23(16,20)21)13(17)15-8-10-4-5-11(22-10)14(18)19/h4-5,9,12H,3,6-8H2,1-2H3,(H,15,17)(H,18,19). The van der Waals surface area contributed by atoms with Crippen molar-refractivity contribution < 1.29 is 27.5 Å². The zero-order chi connectivity index (χ0) is 17.2. The van der Waals surface area contributed by atoms with E-state index < -0.39 is 27.9 Å². The molecule has 0 aromatic carbocycles. The fraction of sp³-hybridized carbons (Fsp3) is 0.571. The van der Waals surface area contributed by atoms with E-state index in [-0.39, 0.29) is 24.0 Å². The maximum absolute atomic E-state index is 12.4. The maximum atomic E-state index is 12.4. The van der Waals surface area contributed by atoms with E-state index in [1.807, 2.05) is 0 Å². The van der Waals surface area contributed by atoms with E-state index in [1.165, 1.54) is 16.4 Å². The summed E-state index contributed by atoms with van der Waals surface area (Å²) in [6.07, 6.45) is 0.513. The molecule has 1 aliphatic rings. The zero-order valence-electron chi connectivity index (χ0n) is 13.0. The minimum atomic E-state index is -3.40. The molecule has 1 unspecified atom stereocenters. The average Bonchev–Trinajstić information content (AvgIpc) is 3.04.